The molecule has 4 rings (SSSR count). The van der Waals surface area contributed by atoms with Gasteiger partial charge in [-0.15, -0.1) is 0 Å². The number of carbonyl (C=O) groups is 1. The summed E-state index contributed by atoms with van der Waals surface area (Å²) in [6.45, 7) is 5.13. The molecule has 1 N–H and O–H groups in total. The molecule has 0 unspecified atom stereocenters. The van der Waals surface area contributed by atoms with E-state index in [9.17, 15) is 4.79 Å². The summed E-state index contributed by atoms with van der Waals surface area (Å²) in [6, 6.07) is 10.8. The third-order valence-corrected chi connectivity index (χ3v) is 4.94. The average Bonchev–Trinajstić information content (AvgIpc) is 3.37. The van der Waals surface area contributed by atoms with E-state index in [0.717, 1.165) is 56.2 Å². The summed E-state index contributed by atoms with van der Waals surface area (Å²) >= 11 is 0. The van der Waals surface area contributed by atoms with Gasteiger partial charge in [0, 0.05) is 31.1 Å². The van der Waals surface area contributed by atoms with E-state index in [1.165, 1.54) is 11.1 Å². The third-order valence-electron chi connectivity index (χ3n) is 4.94. The van der Waals surface area contributed by atoms with Gasteiger partial charge in [-0.25, -0.2) is 0 Å². The zero-order valence-corrected chi connectivity index (χ0v) is 15.3. The van der Waals surface area contributed by atoms with Crippen LogP contribution in [0.25, 0.3) is 0 Å². The van der Waals surface area contributed by atoms with Crippen LogP contribution in [-0.2, 0) is 24.3 Å². The Balaban J connectivity index is 1.39. The maximum atomic E-state index is 11.9. The highest BCUT2D eigenvalue weighted by Gasteiger charge is 2.23. The molecule has 138 valence electrons. The molecule has 1 saturated carbocycles. The van der Waals surface area contributed by atoms with Gasteiger partial charge in [0.1, 0.15) is 23.9 Å². The van der Waals surface area contributed by atoms with Crippen LogP contribution in [0.2, 0.25) is 0 Å². The lowest BCUT2D eigenvalue weighted by atomic mass is 10.0. The molecular formula is C21H26N2O3. The van der Waals surface area contributed by atoms with Gasteiger partial charge >= 0.3 is 0 Å². The maximum Gasteiger partial charge on any atom is 0.220 e. The molecule has 1 aliphatic heterocycles. The molecule has 0 bridgehead atoms. The van der Waals surface area contributed by atoms with E-state index in [-0.39, 0.29) is 5.91 Å². The van der Waals surface area contributed by atoms with Crippen molar-refractivity contribution >= 4 is 5.91 Å². The molecule has 5 heteroatoms. The highest BCUT2D eigenvalue weighted by molar-refractivity contribution is 5.76. The highest BCUT2D eigenvalue weighted by Crippen LogP contribution is 2.26. The number of hydrogen-bond acceptors (Lipinski definition) is 4. The number of carbonyl (C=O) groups excluding carboxylic acids is 1. The van der Waals surface area contributed by atoms with Gasteiger partial charge in [-0.2, -0.15) is 0 Å². The zero-order valence-electron chi connectivity index (χ0n) is 15.3. The van der Waals surface area contributed by atoms with Crippen LogP contribution >= 0.6 is 0 Å². The number of fused-ring (bicyclic) bond motifs is 1. The monoisotopic (exact) mass is 354 g/mol. The predicted octanol–water partition coefficient (Wildman–Crippen LogP) is 3.19. The second-order valence-electron chi connectivity index (χ2n) is 7.36. The SMILES string of the molecule is Cc1ccc(CN2CCOc3ccc(CCC(=O)NC4CC4)cc3C2)o1. The van der Waals surface area contributed by atoms with Crippen LogP contribution in [0, 0.1) is 6.92 Å². The van der Waals surface area contributed by atoms with Gasteiger partial charge in [0.15, 0.2) is 0 Å². The number of rotatable bonds is 6. The average molecular weight is 354 g/mol. The van der Waals surface area contributed by atoms with Crippen LogP contribution in [0.1, 0.15) is 41.9 Å². The Morgan fingerprint density at radius 1 is 1.27 bits per heavy atom. The van der Waals surface area contributed by atoms with Crippen LogP contribution in [-0.4, -0.2) is 30.0 Å². The van der Waals surface area contributed by atoms with Gasteiger partial charge in [-0.05, 0) is 49.9 Å². The number of nitrogens with one attached hydrogen (secondary N) is 1. The summed E-state index contributed by atoms with van der Waals surface area (Å²) in [5.41, 5.74) is 2.37. The first kappa shape index (κ1) is 17.2. The second-order valence-corrected chi connectivity index (χ2v) is 7.36. The normalized spacial score (nSPS) is 17.3. The van der Waals surface area contributed by atoms with Crippen LogP contribution in [0.4, 0.5) is 0 Å². The molecular weight excluding hydrogens is 328 g/mol. The molecule has 1 amide bonds. The van der Waals surface area contributed by atoms with E-state index >= 15 is 0 Å². The second kappa shape index (κ2) is 7.54. The number of benzene rings is 1. The van der Waals surface area contributed by atoms with Gasteiger partial charge in [0.2, 0.25) is 5.91 Å². The maximum absolute atomic E-state index is 11.9. The van der Waals surface area contributed by atoms with Gasteiger partial charge in [0.05, 0.1) is 6.54 Å². The molecule has 1 aliphatic carbocycles. The first-order chi connectivity index (χ1) is 12.7. The molecule has 1 fully saturated rings. The first-order valence-corrected chi connectivity index (χ1v) is 9.47. The molecule has 1 aromatic carbocycles. The molecule has 0 saturated heterocycles. The predicted molar refractivity (Wildman–Crippen MR) is 99.0 cm³/mol. The molecule has 0 radical (unpaired) electrons. The van der Waals surface area contributed by atoms with Crippen molar-refractivity contribution in [3.63, 3.8) is 0 Å². The Morgan fingerprint density at radius 2 is 2.15 bits per heavy atom. The Labute approximate surface area is 154 Å². The molecule has 2 aromatic rings. The Kier molecular flexibility index (Phi) is 4.98. The lowest BCUT2D eigenvalue weighted by Crippen LogP contribution is -2.25. The van der Waals surface area contributed by atoms with E-state index < -0.39 is 0 Å². The molecule has 0 spiro atoms. The van der Waals surface area contributed by atoms with Crippen molar-refractivity contribution in [2.45, 2.75) is 51.7 Å². The summed E-state index contributed by atoms with van der Waals surface area (Å²) in [5.74, 6) is 3.04. The van der Waals surface area contributed by atoms with Gasteiger partial charge < -0.3 is 14.5 Å². The van der Waals surface area contributed by atoms with Crippen molar-refractivity contribution in [1.82, 2.24) is 10.2 Å². The fraction of sp³-hybridized carbons (Fsp3) is 0.476. The van der Waals surface area contributed by atoms with E-state index in [2.05, 4.69) is 22.3 Å². The number of amides is 1. The fourth-order valence-corrected chi connectivity index (χ4v) is 3.37. The summed E-state index contributed by atoms with van der Waals surface area (Å²) in [7, 11) is 0. The third kappa shape index (κ3) is 4.47. The van der Waals surface area contributed by atoms with Crippen LogP contribution < -0.4 is 10.1 Å². The van der Waals surface area contributed by atoms with E-state index in [4.69, 9.17) is 9.15 Å². The summed E-state index contributed by atoms with van der Waals surface area (Å²) in [4.78, 5) is 14.3. The van der Waals surface area contributed by atoms with Gasteiger partial charge in [-0.1, -0.05) is 12.1 Å². The quantitative estimate of drug-likeness (QED) is 0.866. The first-order valence-electron chi connectivity index (χ1n) is 9.47. The Morgan fingerprint density at radius 3 is 2.92 bits per heavy atom. The summed E-state index contributed by atoms with van der Waals surface area (Å²) in [6.07, 6.45) is 3.58. The molecule has 2 heterocycles. The van der Waals surface area contributed by atoms with E-state index in [0.29, 0.717) is 19.1 Å². The summed E-state index contributed by atoms with van der Waals surface area (Å²) in [5, 5.41) is 3.05. The van der Waals surface area contributed by atoms with Crippen LogP contribution in [0.15, 0.2) is 34.7 Å². The highest BCUT2D eigenvalue weighted by atomic mass is 16.5. The molecule has 26 heavy (non-hydrogen) atoms. The fourth-order valence-electron chi connectivity index (χ4n) is 3.37. The zero-order chi connectivity index (χ0) is 17.9. The number of nitrogens with zero attached hydrogens (tertiary/aromatic N) is 1. The van der Waals surface area contributed by atoms with Crippen molar-refractivity contribution in [2.75, 3.05) is 13.2 Å². The minimum absolute atomic E-state index is 0.161. The number of furan rings is 1. The topological polar surface area (TPSA) is 54.7 Å². The van der Waals surface area contributed by atoms with Crippen molar-refractivity contribution in [2.24, 2.45) is 0 Å². The lowest BCUT2D eigenvalue weighted by Gasteiger charge is -2.18. The molecule has 5 nitrogen and oxygen atoms in total. The number of ether oxygens (including phenoxy) is 1. The molecule has 1 aromatic heterocycles. The van der Waals surface area contributed by atoms with Crippen molar-refractivity contribution < 1.29 is 13.9 Å². The van der Waals surface area contributed by atoms with Crippen LogP contribution in [0.5, 0.6) is 5.75 Å². The Bertz CT molecular complexity index is 779. The van der Waals surface area contributed by atoms with Gasteiger partial charge in [0.25, 0.3) is 0 Å². The van der Waals surface area contributed by atoms with E-state index in [1.807, 2.05) is 25.1 Å². The van der Waals surface area contributed by atoms with Crippen molar-refractivity contribution in [1.29, 1.82) is 0 Å². The van der Waals surface area contributed by atoms with Crippen molar-refractivity contribution in [3.05, 3.63) is 53.0 Å². The van der Waals surface area contributed by atoms with E-state index in [1.54, 1.807) is 0 Å². The minimum atomic E-state index is 0.161. The van der Waals surface area contributed by atoms with Crippen molar-refractivity contribution in [3.8, 4) is 5.75 Å². The smallest absolute Gasteiger partial charge is 0.220 e. The summed E-state index contributed by atoms with van der Waals surface area (Å²) < 4.78 is 11.6. The standard InChI is InChI=1S/C21H26N2O3/c1-15-2-7-19(26-15)14-23-10-11-25-20-8-3-16(12-17(20)13-23)4-9-21(24)22-18-5-6-18/h2-3,7-8,12,18H,4-6,9-11,13-14H2,1H3,(H,22,24). The van der Waals surface area contributed by atoms with Crippen LogP contribution in [0.3, 0.4) is 0 Å². The molecule has 0 atom stereocenters. The molecule has 2 aliphatic rings. The lowest BCUT2D eigenvalue weighted by molar-refractivity contribution is -0.121. The number of hydrogen-bond donors (Lipinski definition) is 1. The minimum Gasteiger partial charge on any atom is -0.492 e. The van der Waals surface area contributed by atoms with Gasteiger partial charge in [-0.3, -0.25) is 9.69 Å². The Hall–Kier alpha value is -2.27. The number of aryl methyl sites for hydroxylation is 2. The largest absolute Gasteiger partial charge is 0.492 e.